The van der Waals surface area contributed by atoms with Gasteiger partial charge in [-0.25, -0.2) is 17.6 Å². The predicted molar refractivity (Wildman–Crippen MR) is 94.4 cm³/mol. The smallest absolute Gasteiger partial charge is 0.387 e. The van der Waals surface area contributed by atoms with E-state index in [0.717, 1.165) is 12.1 Å². The Labute approximate surface area is 156 Å². The third kappa shape index (κ3) is 3.83. The van der Waals surface area contributed by atoms with Gasteiger partial charge in [0.2, 0.25) is 0 Å². The first-order chi connectivity index (χ1) is 13.3. The van der Waals surface area contributed by atoms with Crippen molar-refractivity contribution in [2.24, 2.45) is 0 Å². The molecule has 0 aliphatic heterocycles. The topological polar surface area (TPSA) is 9.23 Å². The van der Waals surface area contributed by atoms with Gasteiger partial charge in [-0.15, -0.1) is 6.58 Å². The second-order valence-electron chi connectivity index (χ2n) is 6.08. The van der Waals surface area contributed by atoms with Crippen LogP contribution in [0.4, 0.5) is 26.3 Å². The minimum atomic E-state index is -3.40. The van der Waals surface area contributed by atoms with Gasteiger partial charge in [0.05, 0.1) is 5.56 Å². The minimum Gasteiger partial charge on any atom is -0.429 e. The van der Waals surface area contributed by atoms with E-state index in [9.17, 15) is 26.3 Å². The highest BCUT2D eigenvalue weighted by atomic mass is 19.3. The van der Waals surface area contributed by atoms with Crippen LogP contribution in [0.1, 0.15) is 12.0 Å². The zero-order chi connectivity index (χ0) is 20.4. The van der Waals surface area contributed by atoms with E-state index in [4.69, 9.17) is 0 Å². The molecule has 0 fully saturated rings. The van der Waals surface area contributed by atoms with Crippen LogP contribution < -0.4 is 4.74 Å². The summed E-state index contributed by atoms with van der Waals surface area (Å²) in [5.41, 5.74) is 0.155. The first-order valence-corrected chi connectivity index (χ1v) is 8.27. The summed E-state index contributed by atoms with van der Waals surface area (Å²) >= 11 is 0. The summed E-state index contributed by atoms with van der Waals surface area (Å²) in [5.74, 6) is -5.51. The van der Waals surface area contributed by atoms with Crippen molar-refractivity contribution in [1.82, 2.24) is 0 Å². The van der Waals surface area contributed by atoms with Gasteiger partial charge in [-0.05, 0) is 53.6 Å². The van der Waals surface area contributed by atoms with Crippen LogP contribution in [0.5, 0.6) is 5.75 Å². The number of allylic oxidation sites excluding steroid dienone is 1. The molecule has 0 saturated heterocycles. The summed E-state index contributed by atoms with van der Waals surface area (Å²) in [6, 6.07) is 6.68. The molecule has 0 heterocycles. The fourth-order valence-electron chi connectivity index (χ4n) is 2.98. The third-order valence-electron chi connectivity index (χ3n) is 4.22. The molecule has 7 heteroatoms. The van der Waals surface area contributed by atoms with Crippen LogP contribution in [0.15, 0.2) is 49.1 Å². The summed E-state index contributed by atoms with van der Waals surface area (Å²) in [7, 11) is 0. The van der Waals surface area contributed by atoms with Crippen LogP contribution in [0.2, 0.25) is 0 Å². The summed E-state index contributed by atoms with van der Waals surface area (Å²) in [6.07, 6.45) is 2.59. The molecule has 146 valence electrons. The quantitative estimate of drug-likeness (QED) is 0.330. The lowest BCUT2D eigenvalue weighted by atomic mass is 9.97. The van der Waals surface area contributed by atoms with E-state index in [2.05, 4.69) is 11.3 Å². The number of fused-ring (bicyclic) bond motifs is 1. The van der Waals surface area contributed by atoms with E-state index < -0.39 is 35.6 Å². The number of halogens is 6. The van der Waals surface area contributed by atoms with Crippen LogP contribution in [0.25, 0.3) is 21.9 Å². The SMILES string of the molecule is C=CCCc1cc(F)c(-c2ccc3c(F)c(OC(F)F)c(F)cc3c2)c(F)c1. The number of benzene rings is 3. The highest BCUT2D eigenvalue weighted by Gasteiger charge is 2.20. The molecule has 0 N–H and O–H groups in total. The molecule has 0 aromatic heterocycles. The lowest BCUT2D eigenvalue weighted by molar-refractivity contribution is -0.0544. The molecule has 0 unspecified atom stereocenters. The average molecular weight is 396 g/mol. The summed E-state index contributed by atoms with van der Waals surface area (Å²) in [6.45, 7) is 0.152. The normalized spacial score (nSPS) is 11.2. The molecule has 0 radical (unpaired) electrons. The predicted octanol–water partition coefficient (Wildman–Crippen LogP) is 6.78. The number of hydrogen-bond acceptors (Lipinski definition) is 1. The number of aryl methyl sites for hydroxylation is 1. The van der Waals surface area contributed by atoms with E-state index in [-0.39, 0.29) is 21.9 Å². The van der Waals surface area contributed by atoms with Gasteiger partial charge in [0.1, 0.15) is 11.6 Å². The number of alkyl halides is 2. The van der Waals surface area contributed by atoms with Crippen molar-refractivity contribution in [2.75, 3.05) is 0 Å². The van der Waals surface area contributed by atoms with Crippen molar-refractivity contribution in [3.63, 3.8) is 0 Å². The molecule has 3 aromatic carbocycles. The monoisotopic (exact) mass is 396 g/mol. The molecule has 0 saturated carbocycles. The van der Waals surface area contributed by atoms with Crippen molar-refractivity contribution in [2.45, 2.75) is 19.5 Å². The Kier molecular flexibility index (Phi) is 5.63. The maximum Gasteiger partial charge on any atom is 0.387 e. The zero-order valence-electron chi connectivity index (χ0n) is 14.4. The lowest BCUT2D eigenvalue weighted by Gasteiger charge is -2.12. The fourth-order valence-corrected chi connectivity index (χ4v) is 2.98. The Morgan fingerprint density at radius 1 is 0.929 bits per heavy atom. The van der Waals surface area contributed by atoms with Gasteiger partial charge in [0, 0.05) is 5.39 Å². The second-order valence-corrected chi connectivity index (χ2v) is 6.08. The Hall–Kier alpha value is -2.96. The van der Waals surface area contributed by atoms with Gasteiger partial charge in [-0.3, -0.25) is 0 Å². The fraction of sp³-hybridized carbons (Fsp3) is 0.143. The molecule has 0 aliphatic carbocycles. The van der Waals surface area contributed by atoms with Crippen LogP contribution in [-0.2, 0) is 6.42 Å². The zero-order valence-corrected chi connectivity index (χ0v) is 14.4. The molecule has 0 spiro atoms. The molecule has 1 nitrogen and oxygen atoms in total. The molecule has 3 rings (SSSR count). The van der Waals surface area contributed by atoms with Gasteiger partial charge in [-0.2, -0.15) is 8.78 Å². The van der Waals surface area contributed by atoms with Gasteiger partial charge < -0.3 is 4.74 Å². The van der Waals surface area contributed by atoms with Gasteiger partial charge in [0.25, 0.3) is 0 Å². The minimum absolute atomic E-state index is 0.0522. The van der Waals surface area contributed by atoms with E-state index in [1.54, 1.807) is 6.08 Å². The number of rotatable bonds is 6. The third-order valence-corrected chi connectivity index (χ3v) is 4.22. The number of hydrogen-bond donors (Lipinski definition) is 0. The summed E-state index contributed by atoms with van der Waals surface area (Å²) < 4.78 is 85.7. The Morgan fingerprint density at radius 2 is 1.61 bits per heavy atom. The Morgan fingerprint density at radius 3 is 2.21 bits per heavy atom. The van der Waals surface area contributed by atoms with Crippen molar-refractivity contribution >= 4 is 10.8 Å². The van der Waals surface area contributed by atoms with E-state index in [1.807, 2.05) is 0 Å². The molecule has 0 aliphatic rings. The highest BCUT2D eigenvalue weighted by molar-refractivity contribution is 5.89. The Bertz CT molecular complexity index is 1020. The van der Waals surface area contributed by atoms with E-state index in [1.165, 1.54) is 24.3 Å². The first kappa shape index (κ1) is 19.8. The van der Waals surface area contributed by atoms with E-state index in [0.29, 0.717) is 18.4 Å². The second kappa shape index (κ2) is 7.96. The maximum absolute atomic E-state index is 14.5. The van der Waals surface area contributed by atoms with Crippen molar-refractivity contribution in [3.05, 3.63) is 77.9 Å². The van der Waals surface area contributed by atoms with Crippen molar-refractivity contribution < 1.29 is 31.1 Å². The molecule has 3 aromatic rings. The maximum atomic E-state index is 14.5. The number of ether oxygens (including phenoxy) is 1. The molecular formula is C21H14F6O. The molecule has 0 bridgehead atoms. The molecule has 0 amide bonds. The molecular weight excluding hydrogens is 382 g/mol. The van der Waals surface area contributed by atoms with Crippen LogP contribution >= 0.6 is 0 Å². The first-order valence-electron chi connectivity index (χ1n) is 8.27. The molecule has 0 atom stereocenters. The summed E-state index contributed by atoms with van der Waals surface area (Å²) in [5, 5.41) is -0.270. The largest absolute Gasteiger partial charge is 0.429 e. The van der Waals surface area contributed by atoms with Crippen LogP contribution in [0.3, 0.4) is 0 Å². The van der Waals surface area contributed by atoms with Crippen LogP contribution in [-0.4, -0.2) is 6.61 Å². The average Bonchev–Trinajstić information content (AvgIpc) is 2.62. The van der Waals surface area contributed by atoms with E-state index >= 15 is 0 Å². The summed E-state index contributed by atoms with van der Waals surface area (Å²) in [4.78, 5) is 0. The van der Waals surface area contributed by atoms with Gasteiger partial charge in [-0.1, -0.05) is 18.2 Å². The lowest BCUT2D eigenvalue weighted by Crippen LogP contribution is -2.06. The highest BCUT2D eigenvalue weighted by Crippen LogP contribution is 2.35. The van der Waals surface area contributed by atoms with Gasteiger partial charge in [0.15, 0.2) is 17.4 Å². The van der Waals surface area contributed by atoms with Gasteiger partial charge >= 0.3 is 6.61 Å². The van der Waals surface area contributed by atoms with Crippen molar-refractivity contribution in [3.8, 4) is 16.9 Å². The molecule has 28 heavy (non-hydrogen) atoms. The van der Waals surface area contributed by atoms with Crippen LogP contribution in [0, 0.1) is 23.3 Å². The standard InChI is InChI=1S/C21H14F6O/c1-2-3-4-11-7-15(22)18(16(23)8-11)12-5-6-14-13(9-12)10-17(24)20(19(14)25)28-21(26)27/h2,5-10,21H,1,3-4H2. The Balaban J connectivity index is 2.09. The van der Waals surface area contributed by atoms with Crippen molar-refractivity contribution in [1.29, 1.82) is 0 Å².